The van der Waals surface area contributed by atoms with Gasteiger partial charge in [0.1, 0.15) is 0 Å². The predicted molar refractivity (Wildman–Crippen MR) is 118 cm³/mol. The van der Waals surface area contributed by atoms with E-state index in [-0.39, 0.29) is 6.10 Å². The van der Waals surface area contributed by atoms with E-state index in [1.54, 1.807) is 0 Å². The van der Waals surface area contributed by atoms with Crippen LogP contribution in [0.15, 0.2) is 29.3 Å². The van der Waals surface area contributed by atoms with Crippen molar-refractivity contribution in [3.8, 4) is 0 Å². The third kappa shape index (κ3) is 7.28. The van der Waals surface area contributed by atoms with Crippen LogP contribution in [0, 0.1) is 12.8 Å². The molecule has 2 fully saturated rings. The summed E-state index contributed by atoms with van der Waals surface area (Å²) < 4.78 is 11.6. The van der Waals surface area contributed by atoms with Crippen LogP contribution in [0.2, 0.25) is 0 Å². The number of hydrogen-bond donors (Lipinski definition) is 2. The molecule has 29 heavy (non-hydrogen) atoms. The van der Waals surface area contributed by atoms with E-state index in [0.717, 1.165) is 77.9 Å². The standard InChI is InChI=1S/C23H38N4O2/c1-3-24-23(25-11-5-12-27-13-16-28-17-14-27)26-18-21-6-4-15-29-22(21)20-9-7-19(2)8-10-20/h7-10,21-22H,3-6,11-18H2,1-2H3,(H2,24,25,26). The van der Waals surface area contributed by atoms with Crippen LogP contribution in [-0.2, 0) is 9.47 Å². The van der Waals surface area contributed by atoms with Crippen molar-refractivity contribution in [3.05, 3.63) is 35.4 Å². The zero-order valence-electron chi connectivity index (χ0n) is 18.2. The predicted octanol–water partition coefficient (Wildman–Crippen LogP) is 2.74. The minimum atomic E-state index is 0.150. The Balaban J connectivity index is 1.49. The van der Waals surface area contributed by atoms with Crippen molar-refractivity contribution in [2.75, 3.05) is 59.1 Å². The van der Waals surface area contributed by atoms with E-state index >= 15 is 0 Å². The van der Waals surface area contributed by atoms with Gasteiger partial charge >= 0.3 is 0 Å². The summed E-state index contributed by atoms with van der Waals surface area (Å²) in [7, 11) is 0. The molecule has 2 unspecified atom stereocenters. The van der Waals surface area contributed by atoms with Crippen molar-refractivity contribution in [1.29, 1.82) is 0 Å². The van der Waals surface area contributed by atoms with E-state index < -0.39 is 0 Å². The van der Waals surface area contributed by atoms with Gasteiger partial charge in [-0.1, -0.05) is 29.8 Å². The number of rotatable bonds is 8. The molecule has 162 valence electrons. The zero-order chi connectivity index (χ0) is 20.3. The monoisotopic (exact) mass is 402 g/mol. The lowest BCUT2D eigenvalue weighted by atomic mass is 9.89. The highest BCUT2D eigenvalue weighted by atomic mass is 16.5. The maximum absolute atomic E-state index is 6.15. The van der Waals surface area contributed by atoms with Gasteiger partial charge in [-0.05, 0) is 45.2 Å². The fourth-order valence-corrected chi connectivity index (χ4v) is 4.04. The number of benzene rings is 1. The molecule has 2 aliphatic rings. The topological polar surface area (TPSA) is 58.1 Å². The highest BCUT2D eigenvalue weighted by Gasteiger charge is 2.27. The molecular formula is C23H38N4O2. The number of aryl methyl sites for hydroxylation is 1. The molecule has 0 aliphatic carbocycles. The second-order valence-corrected chi connectivity index (χ2v) is 8.06. The molecule has 2 saturated heterocycles. The molecule has 0 radical (unpaired) electrons. The lowest BCUT2D eigenvalue weighted by Gasteiger charge is -2.31. The van der Waals surface area contributed by atoms with Gasteiger partial charge in [-0.15, -0.1) is 0 Å². The molecule has 6 nitrogen and oxygen atoms in total. The van der Waals surface area contributed by atoms with Crippen LogP contribution in [0.4, 0.5) is 0 Å². The maximum Gasteiger partial charge on any atom is 0.191 e. The fraction of sp³-hybridized carbons (Fsp3) is 0.696. The van der Waals surface area contributed by atoms with Crippen molar-refractivity contribution in [3.63, 3.8) is 0 Å². The summed E-state index contributed by atoms with van der Waals surface area (Å²) in [5, 5.41) is 6.89. The molecular weight excluding hydrogens is 364 g/mol. The van der Waals surface area contributed by atoms with Gasteiger partial charge in [-0.25, -0.2) is 0 Å². The number of hydrogen-bond acceptors (Lipinski definition) is 4. The number of morpholine rings is 1. The molecule has 2 N–H and O–H groups in total. The van der Waals surface area contributed by atoms with Crippen LogP contribution in [0.3, 0.4) is 0 Å². The highest BCUT2D eigenvalue weighted by Crippen LogP contribution is 2.33. The van der Waals surface area contributed by atoms with Crippen molar-refractivity contribution in [2.24, 2.45) is 10.9 Å². The Morgan fingerprint density at radius 3 is 2.69 bits per heavy atom. The van der Waals surface area contributed by atoms with Crippen LogP contribution in [-0.4, -0.2) is 69.9 Å². The van der Waals surface area contributed by atoms with Crippen LogP contribution in [0.5, 0.6) is 0 Å². The van der Waals surface area contributed by atoms with Crippen molar-refractivity contribution >= 4 is 5.96 Å². The highest BCUT2D eigenvalue weighted by molar-refractivity contribution is 5.79. The van der Waals surface area contributed by atoms with Gasteiger partial charge in [0.25, 0.3) is 0 Å². The summed E-state index contributed by atoms with van der Waals surface area (Å²) in [5.41, 5.74) is 2.56. The quantitative estimate of drug-likeness (QED) is 0.398. The van der Waals surface area contributed by atoms with E-state index in [1.807, 2.05) is 0 Å². The molecule has 2 aliphatic heterocycles. The average Bonchev–Trinajstić information content (AvgIpc) is 2.76. The minimum Gasteiger partial charge on any atom is -0.379 e. The Morgan fingerprint density at radius 1 is 1.14 bits per heavy atom. The van der Waals surface area contributed by atoms with Gasteiger partial charge in [-0.3, -0.25) is 9.89 Å². The van der Waals surface area contributed by atoms with Gasteiger partial charge in [0.05, 0.1) is 19.3 Å². The summed E-state index contributed by atoms with van der Waals surface area (Å²) in [5.74, 6) is 1.35. The van der Waals surface area contributed by atoms with E-state index in [9.17, 15) is 0 Å². The first kappa shape index (κ1) is 22.1. The average molecular weight is 403 g/mol. The third-order valence-corrected chi connectivity index (χ3v) is 5.73. The van der Waals surface area contributed by atoms with Crippen molar-refractivity contribution in [1.82, 2.24) is 15.5 Å². The van der Waals surface area contributed by atoms with E-state index in [0.29, 0.717) is 5.92 Å². The molecule has 2 atom stereocenters. The lowest BCUT2D eigenvalue weighted by molar-refractivity contribution is -0.0250. The molecule has 6 heteroatoms. The van der Waals surface area contributed by atoms with E-state index in [1.165, 1.54) is 17.5 Å². The van der Waals surface area contributed by atoms with Crippen LogP contribution in [0.1, 0.15) is 43.4 Å². The molecule has 1 aromatic carbocycles. The Hall–Kier alpha value is -1.63. The number of ether oxygens (including phenoxy) is 2. The molecule has 0 amide bonds. The van der Waals surface area contributed by atoms with Gasteiger partial charge in [-0.2, -0.15) is 0 Å². The Morgan fingerprint density at radius 2 is 1.93 bits per heavy atom. The summed E-state index contributed by atoms with van der Waals surface area (Å²) in [6.07, 6.45) is 3.55. The molecule has 3 rings (SSSR count). The molecule has 0 saturated carbocycles. The SMILES string of the molecule is CCNC(=NCC1CCCOC1c1ccc(C)cc1)NCCCN1CCOCC1. The van der Waals surface area contributed by atoms with Crippen molar-refractivity contribution in [2.45, 2.75) is 39.2 Å². The third-order valence-electron chi connectivity index (χ3n) is 5.73. The number of nitrogens with one attached hydrogen (secondary N) is 2. The molecule has 1 aromatic rings. The molecule has 2 heterocycles. The molecule has 0 bridgehead atoms. The number of guanidine groups is 1. The van der Waals surface area contributed by atoms with Crippen LogP contribution < -0.4 is 10.6 Å². The number of aliphatic imine (C=N–C) groups is 1. The Kier molecular flexibility index (Phi) is 9.25. The van der Waals surface area contributed by atoms with Gasteiger partial charge in [0.15, 0.2) is 5.96 Å². The second kappa shape index (κ2) is 12.2. The first-order valence-electron chi connectivity index (χ1n) is 11.3. The zero-order valence-corrected chi connectivity index (χ0v) is 18.2. The van der Waals surface area contributed by atoms with Crippen LogP contribution >= 0.6 is 0 Å². The molecule has 0 aromatic heterocycles. The first-order chi connectivity index (χ1) is 14.3. The van der Waals surface area contributed by atoms with Gasteiger partial charge in [0.2, 0.25) is 0 Å². The second-order valence-electron chi connectivity index (χ2n) is 8.06. The summed E-state index contributed by atoms with van der Waals surface area (Å²) in [6, 6.07) is 8.76. The minimum absolute atomic E-state index is 0.150. The van der Waals surface area contributed by atoms with Gasteiger partial charge < -0.3 is 20.1 Å². The smallest absolute Gasteiger partial charge is 0.191 e. The van der Waals surface area contributed by atoms with Crippen LogP contribution in [0.25, 0.3) is 0 Å². The summed E-state index contributed by atoms with van der Waals surface area (Å²) >= 11 is 0. The Bertz CT molecular complexity index is 614. The van der Waals surface area contributed by atoms with E-state index in [4.69, 9.17) is 14.5 Å². The summed E-state index contributed by atoms with van der Waals surface area (Å²) in [6.45, 7) is 12.6. The lowest BCUT2D eigenvalue weighted by Crippen LogP contribution is -2.41. The van der Waals surface area contributed by atoms with Gasteiger partial charge in [0, 0.05) is 45.2 Å². The Labute approximate surface area is 176 Å². The van der Waals surface area contributed by atoms with E-state index in [2.05, 4.69) is 53.6 Å². The maximum atomic E-state index is 6.15. The fourth-order valence-electron chi connectivity index (χ4n) is 4.04. The number of nitrogens with zero attached hydrogens (tertiary/aromatic N) is 2. The largest absolute Gasteiger partial charge is 0.379 e. The van der Waals surface area contributed by atoms with Crippen molar-refractivity contribution < 1.29 is 9.47 Å². The normalized spacial score (nSPS) is 23.7. The summed E-state index contributed by atoms with van der Waals surface area (Å²) in [4.78, 5) is 7.37. The molecule has 0 spiro atoms. The first-order valence-corrected chi connectivity index (χ1v) is 11.3.